The van der Waals surface area contributed by atoms with Crippen LogP contribution in [0.25, 0.3) is 5.31 Å². The Hall–Kier alpha value is -2.15. The monoisotopic (exact) mass is 538 g/mol. The van der Waals surface area contributed by atoms with Crippen molar-refractivity contribution in [1.82, 2.24) is 0 Å². The summed E-state index contributed by atoms with van der Waals surface area (Å²) in [6, 6.07) is 38.2. The van der Waals surface area contributed by atoms with Crippen LogP contribution in [0.15, 0.2) is 125 Å². The standard InChI is InChI=1S/C26H20BrOPSe/c27-22-18-16-21(17-19-22)26(20-30-25-14-8-3-9-15-25)29(28,23-10-4-1-5-11-23)24-12-6-2-7-13-24/h1-20H/b26-20+. The molecule has 0 saturated heterocycles. The van der Waals surface area contributed by atoms with Gasteiger partial charge in [0, 0.05) is 0 Å². The number of hydrogen-bond donors (Lipinski definition) is 0. The molecule has 4 aromatic rings. The third-order valence-electron chi connectivity index (χ3n) is 4.77. The average Bonchev–Trinajstić information content (AvgIpc) is 2.82. The van der Waals surface area contributed by atoms with Crippen molar-refractivity contribution in [3.63, 3.8) is 0 Å². The molecule has 0 aliphatic rings. The van der Waals surface area contributed by atoms with Gasteiger partial charge >= 0.3 is 193 Å². The molecule has 0 aliphatic carbocycles. The van der Waals surface area contributed by atoms with Gasteiger partial charge in [-0.05, 0) is 0 Å². The normalized spacial score (nSPS) is 12.0. The van der Waals surface area contributed by atoms with E-state index in [1.165, 1.54) is 4.46 Å². The number of rotatable bonds is 6. The van der Waals surface area contributed by atoms with E-state index in [1.807, 2.05) is 78.9 Å². The topological polar surface area (TPSA) is 17.1 Å². The quantitative estimate of drug-likeness (QED) is 0.225. The molecule has 0 unspecified atom stereocenters. The summed E-state index contributed by atoms with van der Waals surface area (Å²) in [5.74, 6) is 0. The van der Waals surface area contributed by atoms with Crippen molar-refractivity contribution in [3.05, 3.63) is 130 Å². The van der Waals surface area contributed by atoms with Gasteiger partial charge in [0.2, 0.25) is 0 Å². The van der Waals surface area contributed by atoms with Crippen LogP contribution >= 0.6 is 23.1 Å². The van der Waals surface area contributed by atoms with Crippen molar-refractivity contribution in [3.8, 4) is 0 Å². The Bertz CT molecular complexity index is 1130. The number of benzene rings is 4. The molecule has 0 aromatic heterocycles. The van der Waals surface area contributed by atoms with Gasteiger partial charge in [-0.3, -0.25) is 0 Å². The minimum atomic E-state index is -3.05. The molecule has 0 heterocycles. The molecule has 0 fully saturated rings. The molecule has 0 aliphatic heterocycles. The predicted octanol–water partition coefficient (Wildman–Crippen LogP) is 5.79. The number of halogens is 1. The second kappa shape index (κ2) is 9.77. The molecule has 4 aromatic carbocycles. The fourth-order valence-electron chi connectivity index (χ4n) is 3.27. The molecule has 4 heteroatoms. The molecule has 4 rings (SSSR count). The van der Waals surface area contributed by atoms with Gasteiger partial charge in [-0.15, -0.1) is 0 Å². The molecule has 0 amide bonds. The summed E-state index contributed by atoms with van der Waals surface area (Å²) in [7, 11) is -3.05. The Morgan fingerprint density at radius 1 is 0.667 bits per heavy atom. The molecular weight excluding hydrogens is 518 g/mol. The second-order valence-electron chi connectivity index (χ2n) is 6.72. The third-order valence-corrected chi connectivity index (χ3v) is 10.7. The summed E-state index contributed by atoms with van der Waals surface area (Å²) in [6.07, 6.45) is 0. The van der Waals surface area contributed by atoms with Gasteiger partial charge in [-0.1, -0.05) is 0 Å². The average molecular weight is 538 g/mol. The van der Waals surface area contributed by atoms with Crippen LogP contribution in [0.4, 0.5) is 0 Å². The summed E-state index contributed by atoms with van der Waals surface area (Å²) < 4.78 is 17.2. The maximum absolute atomic E-state index is 15.0. The van der Waals surface area contributed by atoms with Crippen LogP contribution in [-0.4, -0.2) is 15.0 Å². The fourth-order valence-corrected chi connectivity index (χ4v) is 8.91. The Morgan fingerprint density at radius 3 is 1.63 bits per heavy atom. The summed E-state index contributed by atoms with van der Waals surface area (Å²) in [4.78, 5) is 2.20. The summed E-state index contributed by atoms with van der Waals surface area (Å²) in [5, 5.41) is 2.61. The Kier molecular flexibility index (Phi) is 6.87. The van der Waals surface area contributed by atoms with Gasteiger partial charge in [0.15, 0.2) is 0 Å². The second-order valence-corrected chi connectivity index (χ2v) is 12.3. The van der Waals surface area contributed by atoms with E-state index < -0.39 is 7.14 Å². The maximum atomic E-state index is 15.0. The van der Waals surface area contributed by atoms with E-state index >= 15 is 0 Å². The minimum absolute atomic E-state index is 0.0584. The zero-order valence-corrected chi connectivity index (χ0v) is 20.4. The first-order valence-corrected chi connectivity index (χ1v) is 13.9. The molecule has 30 heavy (non-hydrogen) atoms. The molecule has 0 bridgehead atoms. The van der Waals surface area contributed by atoms with E-state index in [2.05, 4.69) is 57.3 Å². The number of hydrogen-bond acceptors (Lipinski definition) is 1. The van der Waals surface area contributed by atoms with Gasteiger partial charge in [0.1, 0.15) is 0 Å². The van der Waals surface area contributed by atoms with E-state index in [1.54, 1.807) is 0 Å². The summed E-state index contributed by atoms with van der Waals surface area (Å²) in [5.41, 5.74) is 0.993. The van der Waals surface area contributed by atoms with Crippen LogP contribution in [0.1, 0.15) is 5.56 Å². The van der Waals surface area contributed by atoms with Crippen molar-refractivity contribution in [1.29, 1.82) is 0 Å². The molecule has 0 radical (unpaired) electrons. The molecule has 0 atom stereocenters. The first kappa shape index (κ1) is 21.1. The Labute approximate surface area is 192 Å². The Balaban J connectivity index is 1.93. The zero-order valence-electron chi connectivity index (χ0n) is 16.2. The fraction of sp³-hybridized carbons (Fsp3) is 0. The molecule has 0 saturated carbocycles. The van der Waals surface area contributed by atoms with Crippen LogP contribution in [-0.2, 0) is 4.57 Å². The predicted molar refractivity (Wildman–Crippen MR) is 134 cm³/mol. The van der Waals surface area contributed by atoms with Gasteiger partial charge in [0.05, 0.1) is 0 Å². The molecule has 0 spiro atoms. The van der Waals surface area contributed by atoms with Crippen LogP contribution in [0.5, 0.6) is 0 Å². The SMILES string of the molecule is O=P(/C(=C/[Se]c1ccccc1)c1ccc(Br)cc1)(c1ccccc1)c1ccccc1. The van der Waals surface area contributed by atoms with Gasteiger partial charge in [-0.25, -0.2) is 0 Å². The Morgan fingerprint density at radius 2 is 1.13 bits per heavy atom. The van der Waals surface area contributed by atoms with Crippen molar-refractivity contribution in [2.24, 2.45) is 0 Å². The molecule has 1 nitrogen and oxygen atoms in total. The van der Waals surface area contributed by atoms with E-state index in [0.717, 1.165) is 26.0 Å². The van der Waals surface area contributed by atoms with E-state index in [4.69, 9.17) is 0 Å². The van der Waals surface area contributed by atoms with Crippen molar-refractivity contribution >= 4 is 58.4 Å². The van der Waals surface area contributed by atoms with Crippen LogP contribution < -0.4 is 15.1 Å². The van der Waals surface area contributed by atoms with Crippen LogP contribution in [0.3, 0.4) is 0 Å². The molecular formula is C26H20BrOPSe. The van der Waals surface area contributed by atoms with E-state index in [9.17, 15) is 4.57 Å². The summed E-state index contributed by atoms with van der Waals surface area (Å²) in [6.45, 7) is 0. The van der Waals surface area contributed by atoms with E-state index in [0.29, 0.717) is 0 Å². The summed E-state index contributed by atoms with van der Waals surface area (Å²) >= 11 is 3.58. The van der Waals surface area contributed by atoms with E-state index in [-0.39, 0.29) is 15.0 Å². The first-order valence-electron chi connectivity index (χ1n) is 9.57. The van der Waals surface area contributed by atoms with Crippen molar-refractivity contribution in [2.75, 3.05) is 0 Å². The van der Waals surface area contributed by atoms with Crippen LogP contribution in [0.2, 0.25) is 0 Å². The van der Waals surface area contributed by atoms with Gasteiger partial charge in [0.25, 0.3) is 0 Å². The zero-order chi connectivity index (χ0) is 20.8. The molecule has 148 valence electrons. The van der Waals surface area contributed by atoms with Gasteiger partial charge < -0.3 is 0 Å². The van der Waals surface area contributed by atoms with Crippen molar-refractivity contribution in [2.45, 2.75) is 0 Å². The third kappa shape index (κ3) is 4.61. The van der Waals surface area contributed by atoms with Crippen LogP contribution in [0, 0.1) is 0 Å². The van der Waals surface area contributed by atoms with Crippen molar-refractivity contribution < 1.29 is 4.57 Å². The van der Waals surface area contributed by atoms with Gasteiger partial charge in [-0.2, -0.15) is 0 Å². The molecule has 0 N–H and O–H groups in total. The first-order chi connectivity index (χ1) is 14.7.